The molecule has 1 spiro atoms. The molecule has 11 heteroatoms. The van der Waals surface area contributed by atoms with Crippen molar-refractivity contribution in [3.8, 4) is 0 Å². The number of aryl methyl sites for hydroxylation is 1. The zero-order chi connectivity index (χ0) is 26.7. The number of benzene rings is 1. The summed E-state index contributed by atoms with van der Waals surface area (Å²) in [5.41, 5.74) is 1.15. The number of amides is 1. The van der Waals surface area contributed by atoms with E-state index in [-0.39, 0.29) is 29.3 Å². The molecule has 3 aliphatic heterocycles. The van der Waals surface area contributed by atoms with Gasteiger partial charge in [-0.1, -0.05) is 13.0 Å². The van der Waals surface area contributed by atoms with E-state index in [2.05, 4.69) is 11.8 Å². The fourth-order valence-electron chi connectivity index (χ4n) is 5.02. The SMILES string of the molecule is Cc1ccc(C(=O)N2CCC3(CC2)COC(CN2CC[C@@H](C)[C@H](O)C2)C3)cc1F.O=C(O)C(F)(F)F. The summed E-state index contributed by atoms with van der Waals surface area (Å²) in [6.07, 6.45) is -1.18. The van der Waals surface area contributed by atoms with Crippen molar-refractivity contribution in [1.82, 2.24) is 9.80 Å². The van der Waals surface area contributed by atoms with Crippen LogP contribution in [0.2, 0.25) is 0 Å². The number of nitrogens with zero attached hydrogens (tertiary/aromatic N) is 2. The number of piperidine rings is 2. The van der Waals surface area contributed by atoms with Crippen LogP contribution in [0.5, 0.6) is 0 Å². The maximum absolute atomic E-state index is 13.8. The average molecular weight is 519 g/mol. The molecule has 7 nitrogen and oxygen atoms in total. The first-order valence-electron chi connectivity index (χ1n) is 12.2. The Kier molecular flexibility index (Phi) is 9.00. The van der Waals surface area contributed by atoms with Crippen molar-refractivity contribution in [3.05, 3.63) is 35.1 Å². The van der Waals surface area contributed by atoms with Crippen LogP contribution in [0, 0.1) is 24.1 Å². The number of ether oxygens (including phenoxy) is 1. The summed E-state index contributed by atoms with van der Waals surface area (Å²) >= 11 is 0. The summed E-state index contributed by atoms with van der Waals surface area (Å²) in [6, 6.07) is 4.74. The molecule has 3 fully saturated rings. The van der Waals surface area contributed by atoms with Crippen molar-refractivity contribution in [2.45, 2.75) is 57.9 Å². The van der Waals surface area contributed by atoms with Crippen LogP contribution in [-0.2, 0) is 9.53 Å². The normalized spacial score (nSPS) is 26.4. The van der Waals surface area contributed by atoms with Gasteiger partial charge in [-0.2, -0.15) is 13.2 Å². The Morgan fingerprint density at radius 3 is 2.39 bits per heavy atom. The van der Waals surface area contributed by atoms with Crippen LogP contribution in [-0.4, -0.2) is 89.6 Å². The number of carbonyl (C=O) groups excluding carboxylic acids is 1. The van der Waals surface area contributed by atoms with E-state index in [1.165, 1.54) is 6.07 Å². The summed E-state index contributed by atoms with van der Waals surface area (Å²) in [6.45, 7) is 8.63. The Morgan fingerprint density at radius 2 is 1.83 bits per heavy atom. The highest BCUT2D eigenvalue weighted by atomic mass is 19.4. The smallest absolute Gasteiger partial charge is 0.475 e. The molecule has 3 atom stereocenters. The van der Waals surface area contributed by atoms with Crippen molar-refractivity contribution >= 4 is 11.9 Å². The fourth-order valence-corrected chi connectivity index (χ4v) is 5.02. The number of likely N-dealkylation sites (tertiary alicyclic amines) is 2. The van der Waals surface area contributed by atoms with Crippen molar-refractivity contribution in [2.24, 2.45) is 11.3 Å². The van der Waals surface area contributed by atoms with Crippen molar-refractivity contribution in [3.63, 3.8) is 0 Å². The molecule has 1 unspecified atom stereocenters. The molecule has 3 saturated heterocycles. The number of carboxylic acids is 1. The molecule has 3 heterocycles. The first-order valence-corrected chi connectivity index (χ1v) is 12.2. The molecular formula is C25H34F4N2O5. The summed E-state index contributed by atoms with van der Waals surface area (Å²) < 4.78 is 51.7. The Bertz CT molecular complexity index is 934. The van der Waals surface area contributed by atoms with E-state index in [0.29, 0.717) is 30.1 Å². The molecule has 0 aromatic heterocycles. The molecular weight excluding hydrogens is 484 g/mol. The highest BCUT2D eigenvalue weighted by molar-refractivity contribution is 5.94. The van der Waals surface area contributed by atoms with Crippen LogP contribution in [0.4, 0.5) is 17.6 Å². The summed E-state index contributed by atoms with van der Waals surface area (Å²) in [5.74, 6) is -2.78. The second-order valence-corrected chi connectivity index (χ2v) is 10.3. The van der Waals surface area contributed by atoms with Gasteiger partial charge in [0.15, 0.2) is 0 Å². The maximum Gasteiger partial charge on any atom is 0.490 e. The lowest BCUT2D eigenvalue weighted by Gasteiger charge is -2.39. The van der Waals surface area contributed by atoms with Crippen molar-refractivity contribution in [2.75, 3.05) is 39.3 Å². The van der Waals surface area contributed by atoms with E-state index < -0.39 is 12.1 Å². The van der Waals surface area contributed by atoms with Gasteiger partial charge < -0.3 is 19.8 Å². The van der Waals surface area contributed by atoms with Crippen LogP contribution in [0.3, 0.4) is 0 Å². The van der Waals surface area contributed by atoms with Gasteiger partial charge in [0.2, 0.25) is 0 Å². The molecule has 0 bridgehead atoms. The maximum atomic E-state index is 13.8. The third-order valence-electron chi connectivity index (χ3n) is 7.52. The number of carboxylic acid groups (broad SMARTS) is 1. The van der Waals surface area contributed by atoms with Gasteiger partial charge in [0, 0.05) is 31.7 Å². The number of aliphatic hydroxyl groups excluding tert-OH is 1. The van der Waals surface area contributed by atoms with Crippen molar-refractivity contribution < 1.29 is 42.1 Å². The number of β-amino-alcohol motifs (C(OH)–C–C–N with tert-alkyl or cyclic N) is 1. The molecule has 36 heavy (non-hydrogen) atoms. The molecule has 3 aliphatic rings. The van der Waals surface area contributed by atoms with Gasteiger partial charge in [0.25, 0.3) is 5.91 Å². The third kappa shape index (κ3) is 7.17. The molecule has 1 aromatic rings. The lowest BCUT2D eigenvalue weighted by atomic mass is 9.76. The highest BCUT2D eigenvalue weighted by Crippen LogP contribution is 2.42. The molecule has 1 aromatic carbocycles. The molecule has 1 amide bonds. The summed E-state index contributed by atoms with van der Waals surface area (Å²) in [5, 5.41) is 17.3. The Balaban J connectivity index is 0.000000454. The van der Waals surface area contributed by atoms with Crippen LogP contribution >= 0.6 is 0 Å². The number of hydrogen-bond donors (Lipinski definition) is 2. The largest absolute Gasteiger partial charge is 0.490 e. The summed E-state index contributed by atoms with van der Waals surface area (Å²) in [7, 11) is 0. The molecule has 2 N–H and O–H groups in total. The lowest BCUT2D eigenvalue weighted by Crippen LogP contribution is -2.46. The topological polar surface area (TPSA) is 90.3 Å². The zero-order valence-corrected chi connectivity index (χ0v) is 20.6. The first kappa shape index (κ1) is 28.3. The van der Waals surface area contributed by atoms with Crippen LogP contribution in [0.25, 0.3) is 0 Å². The van der Waals surface area contributed by atoms with E-state index >= 15 is 0 Å². The zero-order valence-electron chi connectivity index (χ0n) is 20.6. The van der Waals surface area contributed by atoms with E-state index in [0.717, 1.165) is 51.9 Å². The minimum absolute atomic E-state index is 0.0781. The van der Waals surface area contributed by atoms with Gasteiger partial charge in [-0.15, -0.1) is 0 Å². The number of aliphatic hydroxyl groups is 1. The highest BCUT2D eigenvalue weighted by Gasteiger charge is 2.44. The average Bonchev–Trinajstić information content (AvgIpc) is 3.19. The van der Waals surface area contributed by atoms with E-state index in [1.54, 1.807) is 19.1 Å². The van der Waals surface area contributed by atoms with Crippen LogP contribution in [0.1, 0.15) is 48.5 Å². The predicted molar refractivity (Wildman–Crippen MR) is 123 cm³/mol. The molecule has 0 radical (unpaired) electrons. The van der Waals surface area contributed by atoms with E-state index in [4.69, 9.17) is 14.6 Å². The van der Waals surface area contributed by atoms with Gasteiger partial charge in [-0.25, -0.2) is 9.18 Å². The number of carbonyl (C=O) groups is 2. The van der Waals surface area contributed by atoms with Gasteiger partial charge in [-0.3, -0.25) is 9.69 Å². The van der Waals surface area contributed by atoms with Gasteiger partial charge in [0.1, 0.15) is 5.82 Å². The summed E-state index contributed by atoms with van der Waals surface area (Å²) in [4.78, 5) is 25.8. The number of aliphatic carboxylic acids is 1. The minimum Gasteiger partial charge on any atom is -0.475 e. The van der Waals surface area contributed by atoms with Crippen LogP contribution in [0.15, 0.2) is 18.2 Å². The number of rotatable bonds is 3. The lowest BCUT2D eigenvalue weighted by molar-refractivity contribution is -0.192. The monoisotopic (exact) mass is 518 g/mol. The molecule has 202 valence electrons. The van der Waals surface area contributed by atoms with E-state index in [9.17, 15) is 27.5 Å². The minimum atomic E-state index is -5.08. The number of hydrogen-bond acceptors (Lipinski definition) is 5. The van der Waals surface area contributed by atoms with Gasteiger partial charge >= 0.3 is 12.1 Å². The Hall–Kier alpha value is -2.24. The second kappa shape index (κ2) is 11.4. The fraction of sp³-hybridized carbons (Fsp3) is 0.680. The molecule has 0 saturated carbocycles. The quantitative estimate of drug-likeness (QED) is 0.596. The third-order valence-corrected chi connectivity index (χ3v) is 7.52. The predicted octanol–water partition coefficient (Wildman–Crippen LogP) is 3.48. The van der Waals surface area contributed by atoms with Crippen LogP contribution < -0.4 is 0 Å². The Labute approximate surface area is 208 Å². The van der Waals surface area contributed by atoms with E-state index in [1.807, 2.05) is 4.90 Å². The molecule has 0 aliphatic carbocycles. The van der Waals surface area contributed by atoms with Gasteiger partial charge in [0.05, 0.1) is 18.8 Å². The number of alkyl halides is 3. The molecule has 4 rings (SSSR count). The van der Waals surface area contributed by atoms with Gasteiger partial charge in [-0.05, 0) is 68.2 Å². The first-order chi connectivity index (χ1) is 16.8. The second-order valence-electron chi connectivity index (χ2n) is 10.3. The number of halogens is 4. The van der Waals surface area contributed by atoms with Crippen molar-refractivity contribution in [1.29, 1.82) is 0 Å². The standard InChI is InChI=1S/C23H33FN2O3.C2HF3O2/c1-16-3-4-18(11-20(16)24)22(28)26-9-6-23(7-10-26)12-19(29-15-23)13-25-8-5-17(2)21(27)14-25;3-2(4,5)1(6)7/h3-4,11,17,19,21,27H,5-10,12-15H2,1-2H3;(H,6,7)/t17-,19?,21-;/m1./s1. The Morgan fingerprint density at radius 1 is 1.19 bits per heavy atom.